The van der Waals surface area contributed by atoms with Gasteiger partial charge in [-0.2, -0.15) is 0 Å². The molecule has 1 aliphatic rings. The summed E-state index contributed by atoms with van der Waals surface area (Å²) in [4.78, 5) is 47.5. The molecule has 0 unspecified atom stereocenters. The van der Waals surface area contributed by atoms with Crippen LogP contribution in [0, 0.1) is 0 Å². The van der Waals surface area contributed by atoms with Gasteiger partial charge in [0.1, 0.15) is 0 Å². The molecule has 162 valence electrons. The number of hydrogen-bond acceptors (Lipinski definition) is 5. The maximum Gasteiger partial charge on any atom is 0.321 e. The summed E-state index contributed by atoms with van der Waals surface area (Å²) in [7, 11) is 0. The smallest absolute Gasteiger partial charge is 0.321 e. The molecule has 1 saturated carbocycles. The minimum absolute atomic E-state index is 0.0731. The number of rotatable bonds is 8. The molecule has 1 aromatic rings. The monoisotopic (exact) mass is 415 g/mol. The molecule has 0 aromatic heterocycles. The normalized spacial score (nSPS) is 15.2. The summed E-state index contributed by atoms with van der Waals surface area (Å²) >= 11 is 0. The van der Waals surface area contributed by atoms with Crippen molar-refractivity contribution in [3.63, 3.8) is 0 Å². The first-order valence-corrected chi connectivity index (χ1v) is 10.3. The van der Waals surface area contributed by atoms with E-state index in [9.17, 15) is 19.2 Å². The molecule has 3 N–H and O–H groups in total. The quantitative estimate of drug-likeness (QED) is 0.445. The van der Waals surface area contributed by atoms with Gasteiger partial charge in [-0.1, -0.05) is 49.6 Å². The minimum atomic E-state index is -1.11. The fourth-order valence-corrected chi connectivity index (χ4v) is 3.07. The van der Waals surface area contributed by atoms with E-state index in [2.05, 4.69) is 16.0 Å². The van der Waals surface area contributed by atoms with Gasteiger partial charge in [0, 0.05) is 18.7 Å². The average molecular weight is 415 g/mol. The Bertz CT molecular complexity index is 757. The Balaban J connectivity index is 1.62. The molecule has 0 bridgehead atoms. The molecule has 4 amide bonds. The van der Waals surface area contributed by atoms with Crippen LogP contribution >= 0.6 is 0 Å². The maximum absolute atomic E-state index is 12.0. The van der Waals surface area contributed by atoms with E-state index in [1.165, 1.54) is 13.0 Å². The SMILES string of the molecule is C[C@H](OC(=O)CCNC(=O)/C=C/c1ccccc1)C(=O)NC(=O)NC1CCCCC1. The molecule has 30 heavy (non-hydrogen) atoms. The van der Waals surface area contributed by atoms with E-state index in [0.717, 1.165) is 37.7 Å². The molecule has 0 radical (unpaired) electrons. The highest BCUT2D eigenvalue weighted by Gasteiger charge is 2.22. The van der Waals surface area contributed by atoms with E-state index in [0.29, 0.717) is 0 Å². The van der Waals surface area contributed by atoms with Crippen LogP contribution in [0.5, 0.6) is 0 Å². The summed E-state index contributed by atoms with van der Waals surface area (Å²) in [6.45, 7) is 1.47. The number of benzene rings is 1. The molecular weight excluding hydrogens is 386 g/mol. The lowest BCUT2D eigenvalue weighted by molar-refractivity contribution is -0.154. The minimum Gasteiger partial charge on any atom is -0.452 e. The number of amides is 4. The molecule has 1 fully saturated rings. The number of carbonyl (C=O) groups excluding carboxylic acids is 4. The first kappa shape index (κ1) is 23.1. The van der Waals surface area contributed by atoms with E-state index in [4.69, 9.17) is 4.74 Å². The lowest BCUT2D eigenvalue weighted by Gasteiger charge is -2.23. The van der Waals surface area contributed by atoms with Gasteiger partial charge < -0.3 is 15.4 Å². The van der Waals surface area contributed by atoms with Crippen molar-refractivity contribution in [3.05, 3.63) is 42.0 Å². The zero-order chi connectivity index (χ0) is 21.8. The molecule has 8 nitrogen and oxygen atoms in total. The topological polar surface area (TPSA) is 114 Å². The second-order valence-corrected chi connectivity index (χ2v) is 7.21. The van der Waals surface area contributed by atoms with E-state index < -0.39 is 24.0 Å². The van der Waals surface area contributed by atoms with Crippen molar-refractivity contribution >= 4 is 29.9 Å². The van der Waals surface area contributed by atoms with Crippen LogP contribution in [-0.4, -0.2) is 42.5 Å². The van der Waals surface area contributed by atoms with Gasteiger partial charge in [0.2, 0.25) is 5.91 Å². The molecule has 1 aliphatic carbocycles. The van der Waals surface area contributed by atoms with Gasteiger partial charge in [-0.15, -0.1) is 0 Å². The largest absolute Gasteiger partial charge is 0.452 e. The van der Waals surface area contributed by atoms with Crippen molar-refractivity contribution < 1.29 is 23.9 Å². The standard InChI is InChI=1S/C22H29N3O5/c1-16(21(28)25-22(29)24-18-10-6-3-7-11-18)30-20(27)14-15-23-19(26)13-12-17-8-4-2-5-9-17/h2,4-5,8-9,12-13,16,18H,3,6-7,10-11,14-15H2,1H3,(H,23,26)(H2,24,25,28,29)/b13-12+/t16-/m0/s1. The molecule has 2 rings (SSSR count). The lowest BCUT2D eigenvalue weighted by Crippen LogP contribution is -2.48. The number of ether oxygens (including phenoxy) is 1. The zero-order valence-electron chi connectivity index (χ0n) is 17.2. The molecule has 0 aliphatic heterocycles. The maximum atomic E-state index is 12.0. The van der Waals surface area contributed by atoms with Gasteiger partial charge in [-0.05, 0) is 31.4 Å². The Morgan fingerprint density at radius 2 is 1.80 bits per heavy atom. The van der Waals surface area contributed by atoms with Crippen molar-refractivity contribution in [3.8, 4) is 0 Å². The summed E-state index contributed by atoms with van der Waals surface area (Å²) in [6.07, 6.45) is 6.93. The second-order valence-electron chi connectivity index (χ2n) is 7.21. The van der Waals surface area contributed by atoms with Crippen LogP contribution in [0.3, 0.4) is 0 Å². The summed E-state index contributed by atoms with van der Waals surface area (Å²) in [6, 6.07) is 8.84. The summed E-state index contributed by atoms with van der Waals surface area (Å²) in [5, 5.41) is 7.53. The van der Waals surface area contributed by atoms with Crippen molar-refractivity contribution in [2.75, 3.05) is 6.54 Å². The fourth-order valence-electron chi connectivity index (χ4n) is 3.07. The number of carbonyl (C=O) groups is 4. The fraction of sp³-hybridized carbons (Fsp3) is 0.455. The number of hydrogen-bond donors (Lipinski definition) is 3. The second kappa shape index (κ2) is 12.4. The summed E-state index contributed by atoms with van der Waals surface area (Å²) in [5.41, 5.74) is 0.888. The Hall–Kier alpha value is -3.16. The van der Waals surface area contributed by atoms with E-state index in [1.807, 2.05) is 30.3 Å². The van der Waals surface area contributed by atoms with Crippen molar-refractivity contribution in [1.29, 1.82) is 0 Å². The van der Waals surface area contributed by atoms with Crippen LogP contribution in [0.25, 0.3) is 6.08 Å². The molecular formula is C22H29N3O5. The highest BCUT2D eigenvalue weighted by molar-refractivity contribution is 5.97. The van der Waals surface area contributed by atoms with Gasteiger partial charge in [0.05, 0.1) is 6.42 Å². The first-order valence-electron chi connectivity index (χ1n) is 10.3. The lowest BCUT2D eigenvalue weighted by atomic mass is 9.96. The molecule has 1 atom stereocenters. The summed E-state index contributed by atoms with van der Waals surface area (Å²) < 4.78 is 5.01. The Kier molecular flexibility index (Phi) is 9.57. The molecule has 8 heteroatoms. The molecule has 1 aromatic carbocycles. The van der Waals surface area contributed by atoms with Crippen molar-refractivity contribution in [2.45, 2.75) is 57.6 Å². The third kappa shape index (κ3) is 8.89. The van der Waals surface area contributed by atoms with Gasteiger partial charge >= 0.3 is 12.0 Å². The molecule has 0 heterocycles. The van der Waals surface area contributed by atoms with Gasteiger partial charge in [-0.25, -0.2) is 4.79 Å². The van der Waals surface area contributed by atoms with Crippen LogP contribution in [0.2, 0.25) is 0 Å². The van der Waals surface area contributed by atoms with Crippen LogP contribution in [0.4, 0.5) is 4.79 Å². The predicted octanol–water partition coefficient (Wildman–Crippen LogP) is 2.30. The van der Waals surface area contributed by atoms with Crippen LogP contribution in [0.15, 0.2) is 36.4 Å². The highest BCUT2D eigenvalue weighted by atomic mass is 16.5. The Morgan fingerprint density at radius 3 is 2.50 bits per heavy atom. The van der Waals surface area contributed by atoms with Crippen LogP contribution in [0.1, 0.15) is 51.0 Å². The third-order valence-electron chi connectivity index (χ3n) is 4.71. The predicted molar refractivity (Wildman–Crippen MR) is 112 cm³/mol. The Morgan fingerprint density at radius 1 is 1.10 bits per heavy atom. The summed E-state index contributed by atoms with van der Waals surface area (Å²) in [5.74, 6) is -1.67. The Labute approximate surface area is 176 Å². The number of urea groups is 1. The zero-order valence-corrected chi connectivity index (χ0v) is 17.2. The van der Waals surface area contributed by atoms with Gasteiger partial charge in [-0.3, -0.25) is 19.7 Å². The van der Waals surface area contributed by atoms with Crippen LogP contribution < -0.4 is 16.0 Å². The van der Waals surface area contributed by atoms with Crippen molar-refractivity contribution in [2.24, 2.45) is 0 Å². The van der Waals surface area contributed by atoms with Gasteiger partial charge in [0.15, 0.2) is 6.10 Å². The van der Waals surface area contributed by atoms with Crippen LogP contribution in [-0.2, 0) is 19.1 Å². The number of imide groups is 1. The number of nitrogens with one attached hydrogen (secondary N) is 3. The van der Waals surface area contributed by atoms with Gasteiger partial charge in [0.25, 0.3) is 5.91 Å². The first-order chi connectivity index (χ1) is 14.4. The van der Waals surface area contributed by atoms with E-state index in [1.54, 1.807) is 6.08 Å². The molecule has 0 spiro atoms. The van der Waals surface area contributed by atoms with E-state index >= 15 is 0 Å². The van der Waals surface area contributed by atoms with E-state index in [-0.39, 0.29) is 24.9 Å². The average Bonchev–Trinajstić information content (AvgIpc) is 2.73. The highest BCUT2D eigenvalue weighted by Crippen LogP contribution is 2.17. The van der Waals surface area contributed by atoms with Crippen molar-refractivity contribution in [1.82, 2.24) is 16.0 Å². The third-order valence-corrected chi connectivity index (χ3v) is 4.71. The molecule has 0 saturated heterocycles. The number of esters is 1.